The van der Waals surface area contributed by atoms with Crippen molar-refractivity contribution in [3.8, 4) is 0 Å². The zero-order chi connectivity index (χ0) is 23.5. The van der Waals surface area contributed by atoms with E-state index in [-0.39, 0.29) is 36.3 Å². The number of esters is 1. The average molecular weight is 451 g/mol. The molecule has 174 valence electrons. The molecule has 2 unspecified atom stereocenters. The molecule has 33 heavy (non-hydrogen) atoms. The quantitative estimate of drug-likeness (QED) is 0.611. The lowest BCUT2D eigenvalue weighted by Gasteiger charge is -2.33. The SMILES string of the molecule is COC(=O)CC(NC1C2=C(CCCC2)C(=O)N1Cc1ccc(F)cc1)c1cc(C)ccc1C. The predicted octanol–water partition coefficient (Wildman–Crippen LogP) is 4.88. The predicted molar refractivity (Wildman–Crippen MR) is 125 cm³/mol. The molecular weight excluding hydrogens is 419 g/mol. The summed E-state index contributed by atoms with van der Waals surface area (Å²) in [6.45, 7) is 4.43. The third-order valence-corrected chi connectivity index (χ3v) is 6.71. The van der Waals surface area contributed by atoms with Crippen LogP contribution < -0.4 is 5.32 Å². The van der Waals surface area contributed by atoms with Gasteiger partial charge in [-0.3, -0.25) is 14.9 Å². The van der Waals surface area contributed by atoms with E-state index in [0.29, 0.717) is 6.54 Å². The lowest BCUT2D eigenvalue weighted by molar-refractivity contribution is -0.141. The monoisotopic (exact) mass is 450 g/mol. The Hall–Kier alpha value is -2.99. The van der Waals surface area contributed by atoms with Crippen LogP contribution in [0.2, 0.25) is 0 Å². The Morgan fingerprint density at radius 2 is 1.88 bits per heavy atom. The van der Waals surface area contributed by atoms with Gasteiger partial charge >= 0.3 is 5.97 Å². The van der Waals surface area contributed by atoms with Crippen LogP contribution in [0.25, 0.3) is 0 Å². The van der Waals surface area contributed by atoms with Crippen molar-refractivity contribution >= 4 is 11.9 Å². The molecule has 0 radical (unpaired) electrons. The van der Waals surface area contributed by atoms with Crippen LogP contribution in [0.4, 0.5) is 4.39 Å². The van der Waals surface area contributed by atoms with E-state index in [1.165, 1.54) is 19.2 Å². The normalized spacial score (nSPS) is 19.0. The van der Waals surface area contributed by atoms with Crippen LogP contribution >= 0.6 is 0 Å². The van der Waals surface area contributed by atoms with Gasteiger partial charge in [-0.2, -0.15) is 0 Å². The molecule has 5 nitrogen and oxygen atoms in total. The van der Waals surface area contributed by atoms with Gasteiger partial charge in [0, 0.05) is 18.2 Å². The summed E-state index contributed by atoms with van der Waals surface area (Å²) in [6, 6.07) is 12.2. The maximum Gasteiger partial charge on any atom is 0.307 e. The van der Waals surface area contributed by atoms with E-state index in [4.69, 9.17) is 4.74 Å². The smallest absolute Gasteiger partial charge is 0.307 e. The third-order valence-electron chi connectivity index (χ3n) is 6.71. The van der Waals surface area contributed by atoms with E-state index in [0.717, 1.165) is 59.1 Å². The number of carbonyl (C=O) groups is 2. The lowest BCUT2D eigenvalue weighted by atomic mass is 9.91. The molecule has 0 bridgehead atoms. The third kappa shape index (κ3) is 5.01. The van der Waals surface area contributed by atoms with Crippen molar-refractivity contribution in [3.05, 3.63) is 81.7 Å². The molecule has 1 amide bonds. The number of hydrogen-bond acceptors (Lipinski definition) is 4. The van der Waals surface area contributed by atoms with Crippen molar-refractivity contribution in [3.63, 3.8) is 0 Å². The van der Waals surface area contributed by atoms with E-state index in [1.807, 2.05) is 18.7 Å². The lowest BCUT2D eigenvalue weighted by Crippen LogP contribution is -2.47. The van der Waals surface area contributed by atoms with Crippen molar-refractivity contribution in [2.45, 2.75) is 64.7 Å². The van der Waals surface area contributed by atoms with Gasteiger partial charge in [-0.1, -0.05) is 35.9 Å². The van der Waals surface area contributed by atoms with Crippen molar-refractivity contribution in [2.24, 2.45) is 0 Å². The Labute approximate surface area is 194 Å². The minimum absolute atomic E-state index is 0.0318. The fourth-order valence-electron chi connectivity index (χ4n) is 4.93. The molecule has 0 spiro atoms. The number of aryl methyl sites for hydroxylation is 2. The molecule has 1 N–H and O–H groups in total. The summed E-state index contributed by atoms with van der Waals surface area (Å²) in [6.07, 6.45) is 3.53. The summed E-state index contributed by atoms with van der Waals surface area (Å²) >= 11 is 0. The first kappa shape index (κ1) is 23.2. The summed E-state index contributed by atoms with van der Waals surface area (Å²) in [5.74, 6) is -0.573. The van der Waals surface area contributed by atoms with Crippen LogP contribution in [0.15, 0.2) is 53.6 Å². The average Bonchev–Trinajstić information content (AvgIpc) is 3.07. The summed E-state index contributed by atoms with van der Waals surface area (Å²) in [7, 11) is 1.39. The van der Waals surface area contributed by atoms with Gasteiger partial charge in [0.05, 0.1) is 13.5 Å². The van der Waals surface area contributed by atoms with Crippen LogP contribution in [0.1, 0.15) is 60.4 Å². The molecule has 4 rings (SSSR count). The molecule has 2 aromatic carbocycles. The number of amides is 1. The molecule has 0 saturated carbocycles. The van der Waals surface area contributed by atoms with Gasteiger partial charge < -0.3 is 9.64 Å². The van der Waals surface area contributed by atoms with Crippen LogP contribution in [0, 0.1) is 19.7 Å². The maximum atomic E-state index is 13.4. The largest absolute Gasteiger partial charge is 0.469 e. The molecule has 2 aliphatic rings. The Bertz CT molecular complexity index is 1080. The van der Waals surface area contributed by atoms with E-state index < -0.39 is 0 Å². The van der Waals surface area contributed by atoms with E-state index in [1.54, 1.807) is 12.1 Å². The molecule has 0 aromatic heterocycles. The van der Waals surface area contributed by atoms with Crippen molar-refractivity contribution in [1.29, 1.82) is 0 Å². The molecule has 1 aliphatic heterocycles. The molecule has 1 heterocycles. The summed E-state index contributed by atoms with van der Waals surface area (Å²) in [4.78, 5) is 27.6. The number of halogens is 1. The highest BCUT2D eigenvalue weighted by atomic mass is 19.1. The number of ether oxygens (including phenoxy) is 1. The zero-order valence-electron chi connectivity index (χ0n) is 19.5. The van der Waals surface area contributed by atoms with Gasteiger partial charge in [0.25, 0.3) is 5.91 Å². The van der Waals surface area contributed by atoms with Crippen LogP contribution in [0.5, 0.6) is 0 Å². The second-order valence-corrected chi connectivity index (χ2v) is 9.03. The van der Waals surface area contributed by atoms with Gasteiger partial charge in [-0.25, -0.2) is 4.39 Å². The first-order chi connectivity index (χ1) is 15.9. The number of carbonyl (C=O) groups excluding carboxylic acids is 2. The number of rotatable bonds is 7. The van der Waals surface area contributed by atoms with Crippen LogP contribution in [-0.4, -0.2) is 30.1 Å². The summed E-state index contributed by atoms with van der Waals surface area (Å²) < 4.78 is 18.4. The Balaban J connectivity index is 1.69. The molecule has 1 aliphatic carbocycles. The second-order valence-electron chi connectivity index (χ2n) is 9.03. The van der Waals surface area contributed by atoms with Gasteiger partial charge in [0.1, 0.15) is 12.0 Å². The topological polar surface area (TPSA) is 58.6 Å². The number of nitrogens with one attached hydrogen (secondary N) is 1. The highest BCUT2D eigenvalue weighted by Gasteiger charge is 2.41. The second kappa shape index (κ2) is 9.87. The Morgan fingerprint density at radius 1 is 1.15 bits per heavy atom. The standard InChI is InChI=1S/C27H31FN2O3/c1-17-8-9-18(2)23(14-17)24(15-25(31)33-3)29-26-21-6-4-5-7-22(21)27(32)30(26)16-19-10-12-20(28)13-11-19/h8-14,24,26,29H,4-7,15-16H2,1-3H3. The van der Waals surface area contributed by atoms with E-state index >= 15 is 0 Å². The fraction of sp³-hybridized carbons (Fsp3) is 0.407. The number of benzene rings is 2. The maximum absolute atomic E-state index is 13.4. The molecule has 6 heteroatoms. The van der Waals surface area contributed by atoms with Crippen LogP contribution in [0.3, 0.4) is 0 Å². The van der Waals surface area contributed by atoms with Gasteiger partial charge in [-0.05, 0) is 73.9 Å². The zero-order valence-corrected chi connectivity index (χ0v) is 19.5. The minimum atomic E-state index is -0.313. The van der Waals surface area contributed by atoms with Gasteiger partial charge in [-0.15, -0.1) is 0 Å². The number of nitrogens with zero attached hydrogens (tertiary/aromatic N) is 1. The first-order valence-electron chi connectivity index (χ1n) is 11.5. The summed E-state index contributed by atoms with van der Waals surface area (Å²) in [5.41, 5.74) is 6.09. The number of methoxy groups -OCH3 is 1. The first-order valence-corrected chi connectivity index (χ1v) is 11.5. The van der Waals surface area contributed by atoms with E-state index in [9.17, 15) is 14.0 Å². The van der Waals surface area contributed by atoms with Crippen molar-refractivity contribution < 1.29 is 18.7 Å². The van der Waals surface area contributed by atoms with E-state index in [2.05, 4.69) is 23.5 Å². The molecule has 0 saturated heterocycles. The number of hydrogen-bond donors (Lipinski definition) is 1. The van der Waals surface area contributed by atoms with Gasteiger partial charge in [0.2, 0.25) is 0 Å². The molecule has 2 atom stereocenters. The van der Waals surface area contributed by atoms with Gasteiger partial charge in [0.15, 0.2) is 0 Å². The highest BCUT2D eigenvalue weighted by Crippen LogP contribution is 2.38. The molecule has 2 aromatic rings. The summed E-state index contributed by atoms with van der Waals surface area (Å²) in [5, 5.41) is 3.65. The highest BCUT2D eigenvalue weighted by molar-refractivity contribution is 5.97. The fourth-order valence-corrected chi connectivity index (χ4v) is 4.93. The minimum Gasteiger partial charge on any atom is -0.469 e. The Kier molecular flexibility index (Phi) is 6.94. The van der Waals surface area contributed by atoms with Crippen molar-refractivity contribution in [2.75, 3.05) is 7.11 Å². The molecule has 0 fully saturated rings. The van der Waals surface area contributed by atoms with Crippen LogP contribution in [-0.2, 0) is 20.9 Å². The van der Waals surface area contributed by atoms with Crippen molar-refractivity contribution in [1.82, 2.24) is 10.2 Å². The molecular formula is C27H31FN2O3. The Morgan fingerprint density at radius 3 is 2.61 bits per heavy atom.